The second-order valence-corrected chi connectivity index (χ2v) is 5.55. The van der Waals surface area contributed by atoms with E-state index in [-0.39, 0.29) is 18.9 Å². The van der Waals surface area contributed by atoms with Crippen LogP contribution in [0.1, 0.15) is 17.5 Å². The molecule has 0 fully saturated rings. The number of hydrogen-bond acceptors (Lipinski definition) is 4. The molecule has 25 heavy (non-hydrogen) atoms. The van der Waals surface area contributed by atoms with Gasteiger partial charge in [0.25, 0.3) is 5.91 Å². The van der Waals surface area contributed by atoms with E-state index in [9.17, 15) is 9.59 Å². The zero-order valence-electron chi connectivity index (χ0n) is 14.1. The van der Waals surface area contributed by atoms with Gasteiger partial charge in [-0.1, -0.05) is 12.1 Å². The first-order valence-corrected chi connectivity index (χ1v) is 7.74. The molecule has 2 rings (SSSR count). The predicted octanol–water partition coefficient (Wildman–Crippen LogP) is 3.17. The Kier molecular flexibility index (Phi) is 6.13. The molecule has 0 unspecified atom stereocenters. The molecule has 6 heteroatoms. The maximum absolute atomic E-state index is 12.0. The molecule has 2 N–H and O–H groups in total. The zero-order valence-corrected chi connectivity index (χ0v) is 14.1. The van der Waals surface area contributed by atoms with Crippen molar-refractivity contribution >= 4 is 23.2 Å². The zero-order chi connectivity index (χ0) is 18.2. The minimum absolute atomic E-state index is 0.118. The van der Waals surface area contributed by atoms with Gasteiger partial charge in [0.1, 0.15) is 12.2 Å². The maximum atomic E-state index is 12.0. The topological polar surface area (TPSA) is 91.2 Å². The number of ether oxygens (including phenoxy) is 1. The average Bonchev–Trinajstić information content (AvgIpc) is 2.56. The molecule has 0 spiro atoms. The Morgan fingerprint density at radius 1 is 1.00 bits per heavy atom. The number of hydrogen-bond donors (Lipinski definition) is 2. The Bertz CT molecular complexity index is 825. The van der Waals surface area contributed by atoms with E-state index in [1.165, 1.54) is 0 Å². The quantitative estimate of drug-likeness (QED) is 0.847. The number of nitrogens with one attached hydrogen (secondary N) is 2. The van der Waals surface area contributed by atoms with Crippen LogP contribution in [0.15, 0.2) is 42.5 Å². The number of nitriles is 1. The van der Waals surface area contributed by atoms with Gasteiger partial charge in [-0.25, -0.2) is 0 Å². The van der Waals surface area contributed by atoms with Crippen LogP contribution in [0.3, 0.4) is 0 Å². The fraction of sp³-hybridized carbons (Fsp3) is 0.211. The largest absolute Gasteiger partial charge is 0.484 e. The smallest absolute Gasteiger partial charge is 0.262 e. The van der Waals surface area contributed by atoms with Crippen LogP contribution in [0, 0.1) is 25.2 Å². The molecular formula is C19H19N3O3. The molecule has 0 aliphatic heterocycles. The molecule has 2 aromatic rings. The highest BCUT2D eigenvalue weighted by molar-refractivity contribution is 5.95. The van der Waals surface area contributed by atoms with Gasteiger partial charge in [0.15, 0.2) is 6.61 Å². The van der Waals surface area contributed by atoms with Gasteiger partial charge in [0.2, 0.25) is 5.91 Å². The summed E-state index contributed by atoms with van der Waals surface area (Å²) in [5.74, 6) is -0.0708. The van der Waals surface area contributed by atoms with Crippen molar-refractivity contribution in [1.29, 1.82) is 5.26 Å². The highest BCUT2D eigenvalue weighted by atomic mass is 16.5. The van der Waals surface area contributed by atoms with Crippen LogP contribution in [0.2, 0.25) is 0 Å². The molecule has 0 saturated carbocycles. The van der Waals surface area contributed by atoms with Crippen LogP contribution < -0.4 is 15.4 Å². The third-order valence-corrected chi connectivity index (χ3v) is 3.52. The minimum atomic E-state index is -0.399. The summed E-state index contributed by atoms with van der Waals surface area (Å²) in [6.45, 7) is 3.87. The van der Waals surface area contributed by atoms with Gasteiger partial charge in [-0.05, 0) is 55.3 Å². The molecule has 0 bridgehead atoms. The molecule has 0 aliphatic carbocycles. The molecule has 6 nitrogen and oxygen atoms in total. The molecule has 128 valence electrons. The molecule has 0 heterocycles. The number of carbonyl (C=O) groups is 2. The van der Waals surface area contributed by atoms with Crippen molar-refractivity contribution in [3.8, 4) is 11.8 Å². The molecule has 0 atom stereocenters. The first-order valence-electron chi connectivity index (χ1n) is 7.74. The Morgan fingerprint density at radius 2 is 1.68 bits per heavy atom. The highest BCUT2D eigenvalue weighted by Gasteiger charge is 2.06. The third-order valence-electron chi connectivity index (χ3n) is 3.52. The van der Waals surface area contributed by atoms with Gasteiger partial charge in [-0.15, -0.1) is 0 Å². The van der Waals surface area contributed by atoms with Gasteiger partial charge in [0.05, 0.1) is 6.07 Å². The van der Waals surface area contributed by atoms with Crippen LogP contribution >= 0.6 is 0 Å². The number of nitrogens with zero attached hydrogens (tertiary/aromatic N) is 1. The fourth-order valence-corrected chi connectivity index (χ4v) is 2.10. The molecule has 2 amide bonds. The first-order chi connectivity index (χ1) is 12.0. The van der Waals surface area contributed by atoms with E-state index >= 15 is 0 Å². The van der Waals surface area contributed by atoms with Crippen molar-refractivity contribution in [2.24, 2.45) is 0 Å². The van der Waals surface area contributed by atoms with E-state index in [2.05, 4.69) is 10.6 Å². The summed E-state index contributed by atoms with van der Waals surface area (Å²) in [4.78, 5) is 23.4. The summed E-state index contributed by atoms with van der Waals surface area (Å²) in [6, 6.07) is 14.1. The number of amides is 2. The monoisotopic (exact) mass is 337 g/mol. The van der Waals surface area contributed by atoms with E-state index in [0.29, 0.717) is 17.1 Å². The van der Waals surface area contributed by atoms with Crippen molar-refractivity contribution in [3.63, 3.8) is 0 Å². The summed E-state index contributed by atoms with van der Waals surface area (Å²) in [7, 11) is 0. The summed E-state index contributed by atoms with van der Waals surface area (Å²) in [5.41, 5.74) is 3.29. The number of anilines is 2. The van der Waals surface area contributed by atoms with Crippen LogP contribution in [-0.4, -0.2) is 18.4 Å². The summed E-state index contributed by atoms with van der Waals surface area (Å²) < 4.78 is 5.48. The van der Waals surface area contributed by atoms with Crippen molar-refractivity contribution in [3.05, 3.63) is 53.6 Å². The minimum Gasteiger partial charge on any atom is -0.484 e. The summed E-state index contributed by atoms with van der Waals surface area (Å²) in [6.07, 6.45) is -0.222. The lowest BCUT2D eigenvalue weighted by atomic mass is 10.1. The SMILES string of the molecule is Cc1ccc(OCC(=O)Nc2cccc(NC(=O)CC#N)c2)cc1C. The number of carbonyl (C=O) groups excluding carboxylic acids is 2. The normalized spacial score (nSPS) is 9.80. The van der Waals surface area contributed by atoms with Crippen molar-refractivity contribution in [2.75, 3.05) is 17.2 Å². The average molecular weight is 337 g/mol. The van der Waals surface area contributed by atoms with Gasteiger partial charge < -0.3 is 15.4 Å². The summed E-state index contributed by atoms with van der Waals surface area (Å²) >= 11 is 0. The van der Waals surface area contributed by atoms with Crippen LogP contribution in [0.25, 0.3) is 0 Å². The van der Waals surface area contributed by atoms with Gasteiger partial charge in [0, 0.05) is 11.4 Å². The Hall–Kier alpha value is -3.33. The summed E-state index contributed by atoms with van der Waals surface area (Å²) in [5, 5.41) is 13.8. The lowest BCUT2D eigenvalue weighted by molar-refractivity contribution is -0.118. The van der Waals surface area contributed by atoms with E-state index in [1.807, 2.05) is 32.0 Å². The lowest BCUT2D eigenvalue weighted by Crippen LogP contribution is -2.20. The Morgan fingerprint density at radius 3 is 2.32 bits per heavy atom. The molecule has 0 saturated heterocycles. The lowest BCUT2D eigenvalue weighted by Gasteiger charge is -2.10. The van der Waals surface area contributed by atoms with Crippen LogP contribution in [0.4, 0.5) is 11.4 Å². The van der Waals surface area contributed by atoms with Crippen LogP contribution in [-0.2, 0) is 9.59 Å². The van der Waals surface area contributed by atoms with E-state index in [4.69, 9.17) is 10.00 Å². The van der Waals surface area contributed by atoms with Crippen molar-refractivity contribution in [2.45, 2.75) is 20.3 Å². The van der Waals surface area contributed by atoms with Crippen molar-refractivity contribution < 1.29 is 14.3 Å². The van der Waals surface area contributed by atoms with E-state index < -0.39 is 5.91 Å². The molecule has 0 aliphatic rings. The molecule has 0 radical (unpaired) electrons. The maximum Gasteiger partial charge on any atom is 0.262 e. The first kappa shape index (κ1) is 18.0. The second kappa shape index (κ2) is 8.50. The van der Waals surface area contributed by atoms with Gasteiger partial charge in [-0.2, -0.15) is 5.26 Å². The molecular weight excluding hydrogens is 318 g/mol. The Labute approximate surface area is 146 Å². The molecule has 0 aromatic heterocycles. The predicted molar refractivity (Wildman–Crippen MR) is 95.3 cm³/mol. The fourth-order valence-electron chi connectivity index (χ4n) is 2.10. The van der Waals surface area contributed by atoms with Gasteiger partial charge >= 0.3 is 0 Å². The van der Waals surface area contributed by atoms with Gasteiger partial charge in [-0.3, -0.25) is 9.59 Å². The number of benzene rings is 2. The Balaban J connectivity index is 1.90. The highest BCUT2D eigenvalue weighted by Crippen LogP contribution is 2.17. The second-order valence-electron chi connectivity index (χ2n) is 5.55. The third kappa shape index (κ3) is 5.66. The van der Waals surface area contributed by atoms with E-state index in [0.717, 1.165) is 11.1 Å². The molecule has 2 aromatic carbocycles. The standard InChI is InChI=1S/C19H19N3O3/c1-13-6-7-17(10-14(13)2)25-12-19(24)22-16-5-3-4-15(11-16)21-18(23)8-9-20/h3-7,10-11H,8,12H2,1-2H3,(H,21,23)(H,22,24). The van der Waals surface area contributed by atoms with Crippen molar-refractivity contribution in [1.82, 2.24) is 0 Å². The van der Waals surface area contributed by atoms with Crippen LogP contribution in [0.5, 0.6) is 5.75 Å². The number of aryl methyl sites for hydroxylation is 2. The number of rotatable bonds is 6. The van der Waals surface area contributed by atoms with E-state index in [1.54, 1.807) is 30.3 Å².